The number of aromatic nitrogens is 2. The van der Waals surface area contributed by atoms with Crippen LogP contribution >= 0.6 is 11.9 Å². The topological polar surface area (TPSA) is 74.9 Å². The van der Waals surface area contributed by atoms with Crippen molar-refractivity contribution in [3.8, 4) is 17.6 Å². The molecule has 0 aliphatic carbocycles. The molecule has 2 heterocycles. The molecule has 1 unspecified atom stereocenters. The molecule has 0 fully saturated rings. The van der Waals surface area contributed by atoms with E-state index >= 15 is 0 Å². The first-order valence-corrected chi connectivity index (χ1v) is 10.4. The minimum Gasteiger partial charge on any atom is -0.456 e. The molecule has 4 bridgehead atoms. The fourth-order valence-corrected chi connectivity index (χ4v) is 4.29. The highest BCUT2D eigenvalue weighted by atomic mass is 32.2. The number of nitrogens with one attached hydrogen (secondary N) is 2. The van der Waals surface area contributed by atoms with Crippen LogP contribution in [0.5, 0.6) is 11.5 Å². The summed E-state index contributed by atoms with van der Waals surface area (Å²) in [5.41, 5.74) is 2.09. The van der Waals surface area contributed by atoms with Gasteiger partial charge in [-0.3, -0.25) is 4.72 Å². The number of imidazole rings is 1. The Bertz CT molecular complexity index is 1060. The Hall–Kier alpha value is -2.79. The lowest BCUT2D eigenvalue weighted by Gasteiger charge is -2.32. The summed E-state index contributed by atoms with van der Waals surface area (Å²) >= 11 is 1.58. The number of nitrogens with zero attached hydrogens (tertiary/aromatic N) is 3. The fraction of sp³-hybridized carbons (Fsp3) is 0.273. The van der Waals surface area contributed by atoms with E-state index in [1.807, 2.05) is 60.3 Å². The van der Waals surface area contributed by atoms with Crippen LogP contribution in [-0.2, 0) is 12.6 Å². The molecule has 4 rings (SSSR count). The number of aryl methyl sites for hydroxylation is 1. The highest BCUT2D eigenvalue weighted by Gasteiger charge is 2.32. The molecule has 7 heteroatoms. The van der Waals surface area contributed by atoms with Gasteiger partial charge in [0, 0.05) is 18.5 Å². The van der Waals surface area contributed by atoms with Crippen LogP contribution in [0, 0.1) is 11.3 Å². The van der Waals surface area contributed by atoms with Gasteiger partial charge < -0.3 is 14.6 Å². The normalized spacial score (nSPS) is 19.6. The van der Waals surface area contributed by atoms with Crippen molar-refractivity contribution in [2.45, 2.75) is 23.8 Å². The summed E-state index contributed by atoms with van der Waals surface area (Å²) in [6, 6.07) is 15.9. The Morgan fingerprint density at radius 1 is 1.24 bits per heavy atom. The van der Waals surface area contributed by atoms with E-state index in [2.05, 4.69) is 28.0 Å². The van der Waals surface area contributed by atoms with Gasteiger partial charge in [0.15, 0.2) is 0 Å². The number of benzene rings is 2. The van der Waals surface area contributed by atoms with E-state index < -0.39 is 5.54 Å². The van der Waals surface area contributed by atoms with Gasteiger partial charge in [0.25, 0.3) is 0 Å². The zero-order valence-electron chi connectivity index (χ0n) is 16.5. The standard InChI is InChI=1S/C22H23N5OS/c1-22(21-14-24-15-27(21)2)17-8-7-16(13-23)20(11-17)28-18-5-3-6-19(12-18)29-26-10-4-9-25-22/h3,5-8,11-12,14-15,25-26H,4,9-10H2,1-2H3. The molecule has 1 aromatic heterocycles. The Labute approximate surface area is 175 Å². The number of ether oxygens (including phenoxy) is 1. The second-order valence-electron chi connectivity index (χ2n) is 7.19. The third kappa shape index (κ3) is 4.01. The number of hydrogen-bond acceptors (Lipinski definition) is 6. The van der Waals surface area contributed by atoms with E-state index in [0.29, 0.717) is 17.1 Å². The zero-order chi connectivity index (χ0) is 20.3. The first kappa shape index (κ1) is 19.5. The van der Waals surface area contributed by atoms with Crippen LogP contribution in [0.25, 0.3) is 0 Å². The molecule has 1 atom stereocenters. The monoisotopic (exact) mass is 405 g/mol. The first-order chi connectivity index (χ1) is 14.1. The second kappa shape index (κ2) is 8.29. The second-order valence-corrected chi connectivity index (χ2v) is 8.16. The molecule has 2 N–H and O–H groups in total. The Balaban J connectivity index is 1.83. The molecular formula is C22H23N5OS. The summed E-state index contributed by atoms with van der Waals surface area (Å²) < 4.78 is 11.6. The largest absolute Gasteiger partial charge is 0.456 e. The van der Waals surface area contributed by atoms with E-state index in [1.54, 1.807) is 18.3 Å². The summed E-state index contributed by atoms with van der Waals surface area (Å²) in [4.78, 5) is 5.38. The van der Waals surface area contributed by atoms with E-state index in [0.717, 1.165) is 35.7 Å². The number of hydrogen-bond donors (Lipinski definition) is 2. The van der Waals surface area contributed by atoms with Gasteiger partial charge >= 0.3 is 0 Å². The molecule has 2 aromatic carbocycles. The molecule has 0 saturated carbocycles. The van der Waals surface area contributed by atoms with Crippen molar-refractivity contribution in [1.82, 2.24) is 19.6 Å². The average Bonchev–Trinajstić information content (AvgIpc) is 3.16. The third-order valence-corrected chi connectivity index (χ3v) is 6.00. The van der Waals surface area contributed by atoms with Gasteiger partial charge in [-0.25, -0.2) is 4.98 Å². The van der Waals surface area contributed by atoms with Crippen molar-refractivity contribution in [2.24, 2.45) is 7.05 Å². The van der Waals surface area contributed by atoms with Gasteiger partial charge in [-0.1, -0.05) is 12.1 Å². The van der Waals surface area contributed by atoms with Crippen molar-refractivity contribution < 1.29 is 4.74 Å². The van der Waals surface area contributed by atoms with Gasteiger partial charge in [0.2, 0.25) is 0 Å². The van der Waals surface area contributed by atoms with E-state index in [4.69, 9.17) is 4.74 Å². The average molecular weight is 406 g/mol. The van der Waals surface area contributed by atoms with Crippen molar-refractivity contribution in [3.63, 3.8) is 0 Å². The smallest absolute Gasteiger partial charge is 0.145 e. The third-order valence-electron chi connectivity index (χ3n) is 5.17. The van der Waals surface area contributed by atoms with Gasteiger partial charge in [0.1, 0.15) is 17.6 Å². The summed E-state index contributed by atoms with van der Waals surface area (Å²) in [6.45, 7) is 3.85. The van der Waals surface area contributed by atoms with Crippen LogP contribution in [0.3, 0.4) is 0 Å². The molecule has 0 saturated heterocycles. The minimum atomic E-state index is -0.476. The number of nitriles is 1. The Kier molecular flexibility index (Phi) is 5.58. The predicted octanol–water partition coefficient (Wildman–Crippen LogP) is 3.94. The lowest BCUT2D eigenvalue weighted by Crippen LogP contribution is -2.43. The highest BCUT2D eigenvalue weighted by Crippen LogP contribution is 2.35. The fourth-order valence-electron chi connectivity index (χ4n) is 3.55. The van der Waals surface area contributed by atoms with Crippen molar-refractivity contribution in [2.75, 3.05) is 13.1 Å². The lowest BCUT2D eigenvalue weighted by molar-refractivity contribution is 0.408. The van der Waals surface area contributed by atoms with Crippen LogP contribution in [0.15, 0.2) is 59.9 Å². The SMILES string of the molecule is Cn1cncc1C1(C)NCCCNSc2cccc(c2)Oc2cc1ccc2C#N. The Morgan fingerprint density at radius 2 is 2.14 bits per heavy atom. The first-order valence-electron chi connectivity index (χ1n) is 9.54. The molecule has 0 amide bonds. The summed E-state index contributed by atoms with van der Waals surface area (Å²) in [5, 5.41) is 13.3. The van der Waals surface area contributed by atoms with Crippen molar-refractivity contribution >= 4 is 11.9 Å². The maximum Gasteiger partial charge on any atom is 0.145 e. The van der Waals surface area contributed by atoms with Gasteiger partial charge in [0.05, 0.1) is 29.3 Å². The molecule has 0 radical (unpaired) electrons. The molecule has 1 aliphatic rings. The minimum absolute atomic E-state index is 0.476. The van der Waals surface area contributed by atoms with Gasteiger partial charge in [-0.2, -0.15) is 5.26 Å². The quantitative estimate of drug-likeness (QED) is 0.598. The van der Waals surface area contributed by atoms with Crippen molar-refractivity contribution in [1.29, 1.82) is 5.26 Å². The van der Waals surface area contributed by atoms with E-state index in [-0.39, 0.29) is 0 Å². The number of fused-ring (bicyclic) bond motifs is 4. The van der Waals surface area contributed by atoms with Gasteiger partial charge in [-0.15, -0.1) is 0 Å². The molecule has 6 nitrogen and oxygen atoms in total. The Morgan fingerprint density at radius 3 is 2.93 bits per heavy atom. The molecule has 0 spiro atoms. The predicted molar refractivity (Wildman–Crippen MR) is 114 cm³/mol. The van der Waals surface area contributed by atoms with Crippen LogP contribution in [-0.4, -0.2) is 22.6 Å². The van der Waals surface area contributed by atoms with Gasteiger partial charge in [-0.05, 0) is 67.7 Å². The molecule has 29 heavy (non-hydrogen) atoms. The maximum absolute atomic E-state index is 9.60. The van der Waals surface area contributed by atoms with E-state index in [1.165, 1.54) is 0 Å². The summed E-state index contributed by atoms with van der Waals surface area (Å²) in [6.07, 6.45) is 4.66. The van der Waals surface area contributed by atoms with Crippen LogP contribution < -0.4 is 14.8 Å². The summed E-state index contributed by atoms with van der Waals surface area (Å²) in [7, 11) is 1.99. The summed E-state index contributed by atoms with van der Waals surface area (Å²) in [5.74, 6) is 1.25. The van der Waals surface area contributed by atoms with Crippen LogP contribution in [0.2, 0.25) is 0 Å². The molecular weight excluding hydrogens is 382 g/mol. The van der Waals surface area contributed by atoms with E-state index in [9.17, 15) is 5.26 Å². The molecule has 3 aromatic rings. The van der Waals surface area contributed by atoms with Crippen LogP contribution in [0.1, 0.15) is 30.2 Å². The lowest BCUT2D eigenvalue weighted by atomic mass is 9.87. The highest BCUT2D eigenvalue weighted by molar-refractivity contribution is 7.97. The zero-order valence-corrected chi connectivity index (χ0v) is 17.3. The molecule has 148 valence electrons. The van der Waals surface area contributed by atoms with Crippen molar-refractivity contribution in [3.05, 3.63) is 71.8 Å². The van der Waals surface area contributed by atoms with Crippen LogP contribution in [0.4, 0.5) is 0 Å². The number of rotatable bonds is 1. The molecule has 1 aliphatic heterocycles. The maximum atomic E-state index is 9.60.